The van der Waals surface area contributed by atoms with Crippen molar-refractivity contribution in [3.05, 3.63) is 134 Å². The molecule has 1 aliphatic rings. The van der Waals surface area contributed by atoms with Crippen LogP contribution in [-0.2, 0) is 34.1 Å². The molecule has 30 heteroatoms. The van der Waals surface area contributed by atoms with Crippen molar-refractivity contribution in [3.8, 4) is 6.07 Å². The lowest BCUT2D eigenvalue weighted by Crippen LogP contribution is -2.21. The molecule has 4 amide bonds. The summed E-state index contributed by atoms with van der Waals surface area (Å²) in [5.74, 6) is -3.67. The second kappa shape index (κ2) is 31.6. The molecule has 8 rings (SSSR count). The number of nitrogens with one attached hydrogen (secondary N) is 5. The van der Waals surface area contributed by atoms with Crippen LogP contribution in [0.4, 0.5) is 78.8 Å². The molecule has 0 saturated heterocycles. The van der Waals surface area contributed by atoms with Crippen LogP contribution < -0.4 is 42.1 Å². The van der Waals surface area contributed by atoms with Gasteiger partial charge in [-0.15, -0.1) is 38.0 Å². The summed E-state index contributed by atoms with van der Waals surface area (Å²) in [6.07, 6.45) is 7.82. The zero-order valence-corrected chi connectivity index (χ0v) is 54.4. The van der Waals surface area contributed by atoms with Gasteiger partial charge in [-0.3, -0.25) is 33.3 Å². The van der Waals surface area contributed by atoms with E-state index in [2.05, 4.69) is 61.7 Å². The van der Waals surface area contributed by atoms with Crippen LogP contribution in [0.3, 0.4) is 0 Å². The predicted molar refractivity (Wildman–Crippen MR) is 363 cm³/mol. The van der Waals surface area contributed by atoms with Crippen molar-refractivity contribution < 1.29 is 41.7 Å². The number of amides is 4. The second-order valence-electron chi connectivity index (χ2n) is 20.5. The van der Waals surface area contributed by atoms with E-state index in [9.17, 15) is 47.0 Å². The molecule has 93 heavy (non-hydrogen) atoms. The Hall–Kier alpha value is -10.4. The number of hydrogen-bond acceptors (Lipinski definition) is 23. The molecule has 3 aromatic heterocycles. The fourth-order valence-corrected chi connectivity index (χ4v) is 13.8. The van der Waals surface area contributed by atoms with Gasteiger partial charge in [-0.1, -0.05) is 43.2 Å². The fraction of sp³-hybridized carbons (Fsp3) is 0.254. The molecule has 26 nitrogen and oxygen atoms in total. The molecular formula is C63H63N17O9S4. The fourth-order valence-electron chi connectivity index (χ4n) is 9.67. The Kier molecular flexibility index (Phi) is 23.3. The van der Waals surface area contributed by atoms with E-state index in [1.165, 1.54) is 61.2 Å². The van der Waals surface area contributed by atoms with Gasteiger partial charge in [0, 0.05) is 70.3 Å². The molecular weight excluding hydrogens is 1270 g/mol. The highest BCUT2D eigenvalue weighted by atomic mass is 32.2. The van der Waals surface area contributed by atoms with Crippen molar-refractivity contribution in [1.29, 1.82) is 5.26 Å². The van der Waals surface area contributed by atoms with Crippen molar-refractivity contribution in [2.24, 2.45) is 26.2 Å². The number of carbonyl (C=O) groups excluding carboxylic acids is 6. The topological polar surface area (TPSA) is 366 Å². The number of azo groups is 2. The minimum absolute atomic E-state index is 0.0598. The Labute approximate surface area is 548 Å². The molecule has 3 heterocycles. The van der Waals surface area contributed by atoms with Crippen LogP contribution in [0.15, 0.2) is 133 Å². The maximum Gasteiger partial charge on any atom is 0.297 e. The van der Waals surface area contributed by atoms with Crippen LogP contribution in [-0.4, -0.2) is 95.0 Å². The summed E-state index contributed by atoms with van der Waals surface area (Å²) < 4.78 is 36.7. The first kappa shape index (κ1) is 68.5. The van der Waals surface area contributed by atoms with Gasteiger partial charge in [-0.25, -0.2) is 4.85 Å². The Balaban J connectivity index is 1.18. The zero-order chi connectivity index (χ0) is 66.9. The van der Waals surface area contributed by atoms with Crippen LogP contribution in [0.1, 0.15) is 99.3 Å². The Morgan fingerprint density at radius 1 is 0.731 bits per heavy atom. The van der Waals surface area contributed by atoms with Gasteiger partial charge in [0.1, 0.15) is 32.9 Å². The van der Waals surface area contributed by atoms with Gasteiger partial charge >= 0.3 is 0 Å². The van der Waals surface area contributed by atoms with Crippen molar-refractivity contribution >= 4 is 171 Å². The molecule has 7 aromatic rings. The minimum atomic E-state index is -5.22. The standard InChI is InChI=1S/C63H63N17O9S4/c1-8-79(9-2)42-23-25-49(75-77-59-48(34-64)55(93(87,88)89)54(92-59)33-47(37(6)83)58(86)68-40-19-15-17-38(27-40)56(65)84)51(29-42)70-61-72-62(74-63(73-61)91-44-21-13-12-14-22-44)71-52-30-43(80(10-3)11-4)24-26-50(52)76-78-60-53(66-7)32-45(90-60)31-46(36(5)82)57(85)69-41-20-16-18-39(28-41)67-35-81/h15-20,23-33,35,44H,8-14,21-22H2,1-6H3,(H2,65,84)(H,67,81)(H,68,86)(H,69,85)(H,87,88,89)(H2,70,71,72,73,74)/b46-31+,47-33-,77-75+,78-76+. The third-order valence-electron chi connectivity index (χ3n) is 14.3. The number of nitriles is 1. The number of thioether (sulfide) groups is 1. The summed E-state index contributed by atoms with van der Waals surface area (Å²) in [5.41, 5.74) is 7.84. The van der Waals surface area contributed by atoms with E-state index in [-0.39, 0.29) is 60.2 Å². The summed E-state index contributed by atoms with van der Waals surface area (Å²) >= 11 is 3.11. The van der Waals surface area contributed by atoms with Gasteiger partial charge in [0.2, 0.25) is 29.9 Å². The molecule has 1 saturated carbocycles. The molecule has 478 valence electrons. The molecule has 1 fully saturated rings. The summed E-state index contributed by atoms with van der Waals surface area (Å²) in [6, 6.07) is 26.0. The van der Waals surface area contributed by atoms with Crippen molar-refractivity contribution in [2.75, 3.05) is 62.6 Å². The third-order valence-corrected chi connectivity index (χ3v) is 18.5. The van der Waals surface area contributed by atoms with E-state index in [0.29, 0.717) is 82.4 Å². The minimum Gasteiger partial charge on any atom is -0.372 e. The van der Waals surface area contributed by atoms with Gasteiger partial charge in [0.05, 0.1) is 34.0 Å². The SMILES string of the molecule is [C-]#[N+]c1cc(/C=C(\C(C)=O)C(=O)Nc2cccc(NC=O)c2)sc1/N=N/c1ccc(N(CC)CC)cc1Nc1nc(Nc2cc(N(CC)CC)ccc2/N=N/c2sc(/C=C(/C(C)=O)C(=O)Nc3cccc(C(N)=O)c3)c(S(=O)(=O)O)c2C#N)nc(SC2CCCCC2)n1. The van der Waals surface area contributed by atoms with Gasteiger partial charge in [-0.05, 0) is 145 Å². The Morgan fingerprint density at radius 2 is 1.27 bits per heavy atom. The maximum absolute atomic E-state index is 13.6. The van der Waals surface area contributed by atoms with Gasteiger partial charge in [0.15, 0.2) is 21.7 Å². The number of aromatic nitrogens is 3. The van der Waals surface area contributed by atoms with Gasteiger partial charge in [-0.2, -0.15) is 33.7 Å². The predicted octanol–water partition coefficient (Wildman–Crippen LogP) is 14.0. The molecule has 0 bridgehead atoms. The highest BCUT2D eigenvalue weighted by molar-refractivity contribution is 7.99. The quantitative estimate of drug-likeness (QED) is 0.00455. The summed E-state index contributed by atoms with van der Waals surface area (Å²) in [7, 11) is -5.22. The van der Waals surface area contributed by atoms with Crippen LogP contribution in [0.5, 0.6) is 0 Å². The largest absolute Gasteiger partial charge is 0.372 e. The van der Waals surface area contributed by atoms with Gasteiger partial charge in [0.25, 0.3) is 21.9 Å². The second-order valence-corrected chi connectivity index (χ2v) is 25.2. The normalized spacial score (nSPS) is 12.8. The molecule has 0 atom stereocenters. The number of hydrogen-bond donors (Lipinski definition) is 7. The summed E-state index contributed by atoms with van der Waals surface area (Å²) in [6.45, 7) is 20.9. The average molecular weight is 1330 g/mol. The van der Waals surface area contributed by atoms with Crippen LogP contribution >= 0.6 is 34.4 Å². The average Bonchev–Trinajstić information content (AvgIpc) is 1.69. The number of nitrogens with two attached hydrogens (primary N) is 1. The van der Waals surface area contributed by atoms with E-state index < -0.39 is 55.4 Å². The lowest BCUT2D eigenvalue weighted by Gasteiger charge is -2.23. The molecule has 0 aliphatic heterocycles. The number of primary amides is 1. The lowest BCUT2D eigenvalue weighted by atomic mass is 10.0. The number of Topliss-reactive ketones (excluding diaryl/α,β-unsaturated/α-hetero) is 2. The number of rotatable bonds is 28. The maximum atomic E-state index is 13.6. The number of benzene rings is 4. The number of thiophene rings is 2. The first-order valence-electron chi connectivity index (χ1n) is 29.1. The molecule has 0 unspecified atom stereocenters. The molecule has 0 spiro atoms. The summed E-state index contributed by atoms with van der Waals surface area (Å²) in [5, 5.41) is 43.3. The van der Waals surface area contributed by atoms with E-state index >= 15 is 0 Å². The monoisotopic (exact) mass is 1330 g/mol. The number of anilines is 9. The highest BCUT2D eigenvalue weighted by Gasteiger charge is 2.29. The summed E-state index contributed by atoms with van der Waals surface area (Å²) in [4.78, 5) is 97.5. The smallest absolute Gasteiger partial charge is 0.297 e. The Morgan fingerprint density at radius 3 is 1.78 bits per heavy atom. The third kappa shape index (κ3) is 17.8. The van der Waals surface area contributed by atoms with Crippen LogP contribution in [0.2, 0.25) is 0 Å². The molecule has 4 aromatic carbocycles. The van der Waals surface area contributed by atoms with Crippen LogP contribution in [0.25, 0.3) is 17.0 Å². The van der Waals surface area contributed by atoms with E-state index in [0.717, 1.165) is 67.8 Å². The highest BCUT2D eigenvalue weighted by Crippen LogP contribution is 2.44. The number of carbonyl (C=O) groups is 6. The first-order chi connectivity index (χ1) is 44.6. The molecule has 1 aliphatic carbocycles. The van der Waals surface area contributed by atoms with E-state index in [1.807, 2.05) is 39.8 Å². The number of ketones is 2. The van der Waals surface area contributed by atoms with E-state index in [4.69, 9.17) is 27.3 Å². The van der Waals surface area contributed by atoms with E-state index in [1.54, 1.807) is 48.5 Å². The Bertz CT molecular complexity index is 4360. The van der Waals surface area contributed by atoms with Crippen molar-refractivity contribution in [3.63, 3.8) is 0 Å². The lowest BCUT2D eigenvalue weighted by molar-refractivity contribution is -0.120. The number of nitrogens with zero attached hydrogens (tertiary/aromatic N) is 11. The molecule has 0 radical (unpaired) electrons. The van der Waals surface area contributed by atoms with Gasteiger partial charge < -0.3 is 42.1 Å². The first-order valence-corrected chi connectivity index (χ1v) is 33.0. The van der Waals surface area contributed by atoms with Crippen molar-refractivity contribution in [2.45, 2.75) is 88.9 Å². The van der Waals surface area contributed by atoms with Crippen molar-refractivity contribution in [1.82, 2.24) is 15.0 Å². The van der Waals surface area contributed by atoms with Crippen LogP contribution in [0, 0.1) is 17.9 Å². The zero-order valence-electron chi connectivity index (χ0n) is 51.2. The molecule has 8 N–H and O–H groups in total.